The fourth-order valence-corrected chi connectivity index (χ4v) is 2.99. The number of aromatic hydroxyl groups is 1. The third-order valence-corrected chi connectivity index (χ3v) is 4.31. The third kappa shape index (κ3) is 3.57. The summed E-state index contributed by atoms with van der Waals surface area (Å²) in [6.45, 7) is 0.494. The Morgan fingerprint density at radius 1 is 1.16 bits per heavy atom. The molecule has 0 radical (unpaired) electrons. The van der Waals surface area contributed by atoms with Gasteiger partial charge in [0.25, 0.3) is 5.91 Å². The fraction of sp³-hybridized carbons (Fsp3) is 0.263. The van der Waals surface area contributed by atoms with Crippen LogP contribution >= 0.6 is 0 Å². The average molecular weight is 340 g/mol. The molecular formula is C19H20N2O4. The summed E-state index contributed by atoms with van der Waals surface area (Å²) in [4.78, 5) is 26.8. The quantitative estimate of drug-likeness (QED) is 0.897. The van der Waals surface area contributed by atoms with Gasteiger partial charge in [-0.25, -0.2) is 0 Å². The molecular weight excluding hydrogens is 320 g/mol. The first-order chi connectivity index (χ1) is 12.1. The number of para-hydroxylation sites is 1. The minimum absolute atomic E-state index is 0.0753. The van der Waals surface area contributed by atoms with Crippen molar-refractivity contribution in [1.29, 1.82) is 0 Å². The number of hydrogen-bond acceptors (Lipinski definition) is 4. The van der Waals surface area contributed by atoms with Crippen LogP contribution in [0.5, 0.6) is 11.5 Å². The van der Waals surface area contributed by atoms with Crippen molar-refractivity contribution in [3.63, 3.8) is 0 Å². The topological polar surface area (TPSA) is 78.9 Å². The van der Waals surface area contributed by atoms with E-state index in [1.807, 2.05) is 0 Å². The molecule has 0 aliphatic carbocycles. The maximum atomic E-state index is 12.7. The molecule has 6 heteroatoms. The lowest BCUT2D eigenvalue weighted by atomic mass is 10.1. The van der Waals surface area contributed by atoms with Crippen molar-refractivity contribution < 1.29 is 19.4 Å². The minimum Gasteiger partial charge on any atom is -0.507 e. The lowest BCUT2D eigenvalue weighted by Crippen LogP contribution is -2.43. The van der Waals surface area contributed by atoms with Crippen LogP contribution in [0.25, 0.3) is 0 Å². The number of rotatable bonds is 4. The molecule has 130 valence electrons. The highest BCUT2D eigenvalue weighted by Crippen LogP contribution is 2.25. The smallest absolute Gasteiger partial charge is 0.258 e. The molecule has 0 saturated carbocycles. The first kappa shape index (κ1) is 16.8. The van der Waals surface area contributed by atoms with Crippen LogP contribution in [0.1, 0.15) is 23.2 Å². The lowest BCUT2D eigenvalue weighted by Gasteiger charge is -2.24. The van der Waals surface area contributed by atoms with E-state index in [2.05, 4.69) is 5.32 Å². The summed E-state index contributed by atoms with van der Waals surface area (Å²) in [6, 6.07) is 12.9. The average Bonchev–Trinajstić information content (AvgIpc) is 3.12. The summed E-state index contributed by atoms with van der Waals surface area (Å²) in [7, 11) is 1.58. The highest BCUT2D eigenvalue weighted by atomic mass is 16.5. The second kappa shape index (κ2) is 7.25. The number of likely N-dealkylation sites (tertiary alicyclic amines) is 1. The molecule has 2 aromatic carbocycles. The number of nitrogens with zero attached hydrogens (tertiary/aromatic N) is 1. The second-order valence-corrected chi connectivity index (χ2v) is 5.89. The van der Waals surface area contributed by atoms with Gasteiger partial charge < -0.3 is 20.1 Å². The highest BCUT2D eigenvalue weighted by molar-refractivity contribution is 6.02. The van der Waals surface area contributed by atoms with Gasteiger partial charge in [0, 0.05) is 12.2 Å². The van der Waals surface area contributed by atoms with Crippen molar-refractivity contribution in [3.05, 3.63) is 54.1 Å². The molecule has 6 nitrogen and oxygen atoms in total. The highest BCUT2D eigenvalue weighted by Gasteiger charge is 2.35. The number of phenols is 1. The van der Waals surface area contributed by atoms with Crippen LogP contribution in [-0.4, -0.2) is 41.5 Å². The number of phenolic OH excluding ortho intramolecular Hbond substituents is 1. The molecule has 1 fully saturated rings. The Labute approximate surface area is 146 Å². The molecule has 1 saturated heterocycles. The van der Waals surface area contributed by atoms with Gasteiger partial charge in [-0.15, -0.1) is 0 Å². The van der Waals surface area contributed by atoms with Crippen LogP contribution in [0.15, 0.2) is 48.5 Å². The number of hydrogen-bond donors (Lipinski definition) is 2. The van der Waals surface area contributed by atoms with Crippen molar-refractivity contribution >= 4 is 17.5 Å². The summed E-state index contributed by atoms with van der Waals surface area (Å²) in [5, 5.41) is 12.7. The number of carbonyl (C=O) groups is 2. The summed E-state index contributed by atoms with van der Waals surface area (Å²) in [5.74, 6) is 0.0702. The van der Waals surface area contributed by atoms with Gasteiger partial charge in [0.2, 0.25) is 5.91 Å². The van der Waals surface area contributed by atoms with E-state index in [1.165, 1.54) is 11.0 Å². The molecule has 25 heavy (non-hydrogen) atoms. The van der Waals surface area contributed by atoms with Crippen LogP contribution in [-0.2, 0) is 4.79 Å². The van der Waals surface area contributed by atoms with Gasteiger partial charge >= 0.3 is 0 Å². The number of methoxy groups -OCH3 is 1. The molecule has 1 atom stereocenters. The van der Waals surface area contributed by atoms with Crippen molar-refractivity contribution in [1.82, 2.24) is 4.90 Å². The van der Waals surface area contributed by atoms with E-state index in [-0.39, 0.29) is 23.1 Å². The molecule has 0 aromatic heterocycles. The van der Waals surface area contributed by atoms with Gasteiger partial charge in [0.1, 0.15) is 17.5 Å². The Hall–Kier alpha value is -3.02. The van der Waals surface area contributed by atoms with Gasteiger partial charge in [0.05, 0.1) is 12.7 Å². The molecule has 3 rings (SSSR count). The van der Waals surface area contributed by atoms with Crippen molar-refractivity contribution in [2.75, 3.05) is 19.0 Å². The van der Waals surface area contributed by atoms with Crippen LogP contribution in [0.3, 0.4) is 0 Å². The number of ether oxygens (including phenoxy) is 1. The van der Waals surface area contributed by atoms with Crippen molar-refractivity contribution in [2.45, 2.75) is 18.9 Å². The van der Waals surface area contributed by atoms with Crippen LogP contribution in [0.4, 0.5) is 5.69 Å². The first-order valence-electron chi connectivity index (χ1n) is 8.14. The summed E-state index contributed by atoms with van der Waals surface area (Å²) in [6.07, 6.45) is 1.35. The SMILES string of the molecule is COc1ccc(NC(=O)[C@@H]2CCCN2C(=O)c2ccccc2O)cc1. The Kier molecular flexibility index (Phi) is 4.88. The van der Waals surface area contributed by atoms with Crippen LogP contribution < -0.4 is 10.1 Å². The van der Waals surface area contributed by atoms with Crippen LogP contribution in [0, 0.1) is 0 Å². The molecule has 1 aliphatic rings. The third-order valence-electron chi connectivity index (χ3n) is 4.31. The molecule has 0 bridgehead atoms. The molecule has 1 aliphatic heterocycles. The van der Waals surface area contributed by atoms with Gasteiger partial charge in [-0.1, -0.05) is 12.1 Å². The van der Waals surface area contributed by atoms with E-state index in [9.17, 15) is 14.7 Å². The zero-order valence-corrected chi connectivity index (χ0v) is 13.9. The summed E-state index contributed by atoms with van der Waals surface area (Å²) < 4.78 is 5.09. The Morgan fingerprint density at radius 2 is 1.88 bits per heavy atom. The molecule has 2 N–H and O–H groups in total. The normalized spacial score (nSPS) is 16.5. The van der Waals surface area contributed by atoms with Gasteiger partial charge in [-0.3, -0.25) is 9.59 Å². The van der Waals surface area contributed by atoms with Gasteiger partial charge in [-0.05, 0) is 49.2 Å². The number of carbonyl (C=O) groups excluding carboxylic acids is 2. The van der Waals surface area contributed by atoms with E-state index in [4.69, 9.17) is 4.74 Å². The minimum atomic E-state index is -0.547. The van der Waals surface area contributed by atoms with E-state index in [0.717, 1.165) is 6.42 Å². The van der Waals surface area contributed by atoms with E-state index >= 15 is 0 Å². The predicted molar refractivity (Wildman–Crippen MR) is 93.8 cm³/mol. The monoisotopic (exact) mass is 340 g/mol. The number of anilines is 1. The fourth-order valence-electron chi connectivity index (χ4n) is 2.99. The Balaban J connectivity index is 1.73. The van der Waals surface area contributed by atoms with E-state index < -0.39 is 6.04 Å². The molecule has 1 heterocycles. The summed E-state index contributed by atoms with van der Waals surface area (Å²) >= 11 is 0. The maximum Gasteiger partial charge on any atom is 0.258 e. The number of amides is 2. The van der Waals surface area contributed by atoms with Crippen LogP contribution in [0.2, 0.25) is 0 Å². The van der Waals surface area contributed by atoms with E-state index in [1.54, 1.807) is 49.6 Å². The summed E-state index contributed by atoms with van der Waals surface area (Å²) in [5.41, 5.74) is 0.860. The molecule has 0 spiro atoms. The molecule has 2 aromatic rings. The first-order valence-corrected chi connectivity index (χ1v) is 8.14. The number of nitrogens with one attached hydrogen (secondary N) is 1. The molecule has 0 unspecified atom stereocenters. The van der Waals surface area contributed by atoms with Gasteiger partial charge in [-0.2, -0.15) is 0 Å². The Morgan fingerprint density at radius 3 is 2.56 bits per heavy atom. The predicted octanol–water partition coefficient (Wildman–Crippen LogP) is 2.64. The second-order valence-electron chi connectivity index (χ2n) is 5.89. The maximum absolute atomic E-state index is 12.7. The van der Waals surface area contributed by atoms with Crippen molar-refractivity contribution in [2.24, 2.45) is 0 Å². The van der Waals surface area contributed by atoms with Gasteiger partial charge in [0.15, 0.2) is 0 Å². The zero-order chi connectivity index (χ0) is 17.8. The Bertz CT molecular complexity index is 773. The number of benzene rings is 2. The van der Waals surface area contributed by atoms with E-state index in [0.29, 0.717) is 24.4 Å². The zero-order valence-electron chi connectivity index (χ0n) is 13.9. The largest absolute Gasteiger partial charge is 0.507 e. The lowest BCUT2D eigenvalue weighted by molar-refractivity contribution is -0.119. The molecule has 2 amide bonds. The standard InChI is InChI=1S/C19H20N2O4/c1-25-14-10-8-13(9-11-14)20-18(23)16-6-4-12-21(16)19(24)15-5-2-3-7-17(15)22/h2-3,5,7-11,16,22H,4,6,12H2,1H3,(H,20,23)/t16-/m0/s1. The van der Waals surface area contributed by atoms with Crippen molar-refractivity contribution in [3.8, 4) is 11.5 Å².